The Morgan fingerprint density at radius 2 is 1.89 bits per heavy atom. The number of amides is 1. The number of nitrogens with one attached hydrogen (secondary N) is 1. The van der Waals surface area contributed by atoms with E-state index >= 15 is 0 Å². The minimum absolute atomic E-state index is 0.0253. The minimum Gasteiger partial charge on any atom is -0.494 e. The van der Waals surface area contributed by atoms with Gasteiger partial charge in [0, 0.05) is 24.4 Å². The van der Waals surface area contributed by atoms with E-state index in [2.05, 4.69) is 27.7 Å². The Kier molecular flexibility index (Phi) is 5.92. The second-order valence-corrected chi connectivity index (χ2v) is 7.87. The van der Waals surface area contributed by atoms with Crippen molar-refractivity contribution in [3.63, 3.8) is 0 Å². The van der Waals surface area contributed by atoms with Crippen LogP contribution in [0.3, 0.4) is 0 Å². The van der Waals surface area contributed by atoms with Crippen LogP contribution in [0.25, 0.3) is 0 Å². The molecule has 1 aliphatic rings. The Labute approximate surface area is 169 Å². The van der Waals surface area contributed by atoms with E-state index in [0.717, 1.165) is 36.6 Å². The number of carbonyl (C=O) groups excluding carboxylic acids is 1. The molecule has 0 saturated carbocycles. The molecule has 1 aromatic heterocycles. The molecular weight excluding hydrogens is 368 g/mol. The molecule has 5 heteroatoms. The van der Waals surface area contributed by atoms with Gasteiger partial charge in [0.05, 0.1) is 18.0 Å². The molecule has 0 fully saturated rings. The van der Waals surface area contributed by atoms with Crippen LogP contribution in [0.2, 0.25) is 0 Å². The second-order valence-electron chi connectivity index (χ2n) is 6.87. The largest absolute Gasteiger partial charge is 0.494 e. The van der Waals surface area contributed by atoms with Gasteiger partial charge in [0.2, 0.25) is 5.91 Å². The zero-order valence-corrected chi connectivity index (χ0v) is 16.6. The molecule has 0 saturated heterocycles. The molecule has 0 unspecified atom stereocenters. The normalized spacial score (nSPS) is 13.1. The number of hydrogen-bond donors (Lipinski definition) is 1. The summed E-state index contributed by atoms with van der Waals surface area (Å²) >= 11 is 1.84. The van der Waals surface area contributed by atoms with Crippen LogP contribution in [0.5, 0.6) is 5.75 Å². The molecule has 0 aliphatic carbocycles. The summed E-state index contributed by atoms with van der Waals surface area (Å²) in [5.74, 6) is 0.864. The highest BCUT2D eigenvalue weighted by Gasteiger charge is 2.20. The van der Waals surface area contributed by atoms with E-state index in [1.165, 1.54) is 10.4 Å². The standard InChI is InChI=1S/C23H24N2O2S/c26-23(11-6-15-27-19-7-2-1-3-8-19)24-20-9-4-5-10-21(20)25-14-12-22-18(17-25)13-16-28-22/h1-5,7-10,13,16H,6,11-12,14-15,17H2,(H,24,26). The lowest BCUT2D eigenvalue weighted by Crippen LogP contribution is -2.30. The van der Waals surface area contributed by atoms with Gasteiger partial charge in [0.15, 0.2) is 0 Å². The fourth-order valence-electron chi connectivity index (χ4n) is 3.46. The third-order valence-electron chi connectivity index (χ3n) is 4.89. The zero-order valence-electron chi connectivity index (χ0n) is 15.8. The van der Waals surface area contributed by atoms with Crippen molar-refractivity contribution in [2.24, 2.45) is 0 Å². The maximum absolute atomic E-state index is 12.4. The average molecular weight is 393 g/mol. The predicted molar refractivity (Wildman–Crippen MR) is 115 cm³/mol. The van der Waals surface area contributed by atoms with Crippen LogP contribution in [0, 0.1) is 0 Å². The molecule has 2 heterocycles. The third kappa shape index (κ3) is 4.54. The number of hydrogen-bond acceptors (Lipinski definition) is 4. The molecule has 0 bridgehead atoms. The quantitative estimate of drug-likeness (QED) is 0.568. The topological polar surface area (TPSA) is 41.6 Å². The number of carbonyl (C=O) groups is 1. The molecule has 144 valence electrons. The van der Waals surface area contributed by atoms with E-state index in [9.17, 15) is 4.79 Å². The van der Waals surface area contributed by atoms with E-state index in [0.29, 0.717) is 19.4 Å². The maximum atomic E-state index is 12.4. The van der Waals surface area contributed by atoms with E-state index in [1.807, 2.05) is 59.9 Å². The number of para-hydroxylation sites is 3. The molecule has 0 atom stereocenters. The van der Waals surface area contributed by atoms with Crippen molar-refractivity contribution in [2.45, 2.75) is 25.8 Å². The van der Waals surface area contributed by atoms with E-state index < -0.39 is 0 Å². The van der Waals surface area contributed by atoms with Crippen LogP contribution < -0.4 is 15.0 Å². The number of ether oxygens (including phenoxy) is 1. The second kappa shape index (κ2) is 8.93. The van der Waals surface area contributed by atoms with E-state index in [4.69, 9.17) is 4.74 Å². The van der Waals surface area contributed by atoms with Crippen molar-refractivity contribution < 1.29 is 9.53 Å². The van der Waals surface area contributed by atoms with Gasteiger partial charge in [0.1, 0.15) is 5.75 Å². The molecule has 0 radical (unpaired) electrons. The molecule has 28 heavy (non-hydrogen) atoms. The lowest BCUT2D eigenvalue weighted by molar-refractivity contribution is -0.116. The van der Waals surface area contributed by atoms with Crippen LogP contribution in [0.1, 0.15) is 23.3 Å². The Bertz CT molecular complexity index is 923. The highest BCUT2D eigenvalue weighted by atomic mass is 32.1. The van der Waals surface area contributed by atoms with Crippen LogP contribution >= 0.6 is 11.3 Å². The summed E-state index contributed by atoms with van der Waals surface area (Å²) in [7, 11) is 0. The first-order chi connectivity index (χ1) is 13.8. The SMILES string of the molecule is O=C(CCCOc1ccccc1)Nc1ccccc1N1CCc2sccc2C1. The number of nitrogens with zero attached hydrogens (tertiary/aromatic N) is 1. The van der Waals surface area contributed by atoms with Gasteiger partial charge >= 0.3 is 0 Å². The molecule has 0 spiro atoms. The van der Waals surface area contributed by atoms with Gasteiger partial charge in [0.25, 0.3) is 0 Å². The van der Waals surface area contributed by atoms with Gasteiger partial charge in [-0.2, -0.15) is 0 Å². The van der Waals surface area contributed by atoms with Crippen LogP contribution in [0.15, 0.2) is 66.0 Å². The van der Waals surface area contributed by atoms with Gasteiger partial charge in [-0.05, 0) is 54.1 Å². The van der Waals surface area contributed by atoms with Crippen LogP contribution in [-0.4, -0.2) is 19.1 Å². The summed E-state index contributed by atoms with van der Waals surface area (Å²) in [5, 5.41) is 5.26. The molecule has 1 aliphatic heterocycles. The fourth-order valence-corrected chi connectivity index (χ4v) is 4.35. The molecule has 1 N–H and O–H groups in total. The molecule has 2 aromatic carbocycles. The predicted octanol–water partition coefficient (Wildman–Crippen LogP) is 5.11. The first-order valence-electron chi connectivity index (χ1n) is 9.66. The molecule has 1 amide bonds. The van der Waals surface area contributed by atoms with Gasteiger partial charge in [-0.3, -0.25) is 4.79 Å². The monoisotopic (exact) mass is 392 g/mol. The summed E-state index contributed by atoms with van der Waals surface area (Å²) < 4.78 is 5.66. The van der Waals surface area contributed by atoms with Crippen LogP contribution in [-0.2, 0) is 17.8 Å². The smallest absolute Gasteiger partial charge is 0.224 e. The van der Waals surface area contributed by atoms with E-state index in [-0.39, 0.29) is 5.91 Å². The molecule has 4 nitrogen and oxygen atoms in total. The minimum atomic E-state index is 0.0253. The zero-order chi connectivity index (χ0) is 19.2. The number of anilines is 2. The summed E-state index contributed by atoms with van der Waals surface area (Å²) in [6.45, 7) is 2.41. The Balaban J connectivity index is 1.32. The number of thiophene rings is 1. The summed E-state index contributed by atoms with van der Waals surface area (Å²) in [4.78, 5) is 16.3. The summed E-state index contributed by atoms with van der Waals surface area (Å²) in [5.41, 5.74) is 3.37. The highest BCUT2D eigenvalue weighted by molar-refractivity contribution is 7.10. The Hall–Kier alpha value is -2.79. The summed E-state index contributed by atoms with van der Waals surface area (Å²) in [6, 6.07) is 20.0. The van der Waals surface area contributed by atoms with Crippen molar-refractivity contribution in [1.82, 2.24) is 0 Å². The summed E-state index contributed by atoms with van der Waals surface area (Å²) in [6.07, 6.45) is 2.19. The first kappa shape index (κ1) is 18.6. The Morgan fingerprint density at radius 3 is 2.79 bits per heavy atom. The van der Waals surface area contributed by atoms with Crippen molar-refractivity contribution in [3.8, 4) is 5.75 Å². The molecular formula is C23H24N2O2S. The van der Waals surface area contributed by atoms with Crippen molar-refractivity contribution in [2.75, 3.05) is 23.4 Å². The van der Waals surface area contributed by atoms with Gasteiger partial charge < -0.3 is 15.0 Å². The number of benzene rings is 2. The molecule has 3 aromatic rings. The van der Waals surface area contributed by atoms with Crippen molar-refractivity contribution in [1.29, 1.82) is 0 Å². The Morgan fingerprint density at radius 1 is 1.07 bits per heavy atom. The van der Waals surface area contributed by atoms with Gasteiger partial charge in [-0.1, -0.05) is 30.3 Å². The maximum Gasteiger partial charge on any atom is 0.224 e. The third-order valence-corrected chi connectivity index (χ3v) is 5.91. The molecule has 4 rings (SSSR count). The van der Waals surface area contributed by atoms with Gasteiger partial charge in [-0.15, -0.1) is 11.3 Å². The number of fused-ring (bicyclic) bond motifs is 1. The highest BCUT2D eigenvalue weighted by Crippen LogP contribution is 2.32. The van der Waals surface area contributed by atoms with Crippen molar-refractivity contribution >= 4 is 28.6 Å². The lowest BCUT2D eigenvalue weighted by atomic mass is 10.1. The van der Waals surface area contributed by atoms with Gasteiger partial charge in [-0.25, -0.2) is 0 Å². The fraction of sp³-hybridized carbons (Fsp3) is 0.261. The average Bonchev–Trinajstić information content (AvgIpc) is 3.20. The van der Waals surface area contributed by atoms with Crippen molar-refractivity contribution in [3.05, 3.63) is 76.5 Å². The van der Waals surface area contributed by atoms with Crippen LogP contribution in [0.4, 0.5) is 11.4 Å². The lowest BCUT2D eigenvalue weighted by Gasteiger charge is -2.30. The van der Waals surface area contributed by atoms with E-state index in [1.54, 1.807) is 0 Å². The number of rotatable bonds is 7. The first-order valence-corrected chi connectivity index (χ1v) is 10.5.